The summed E-state index contributed by atoms with van der Waals surface area (Å²) in [5.74, 6) is 0.173. The van der Waals surface area contributed by atoms with Crippen LogP contribution in [0.2, 0.25) is 0 Å². The molecule has 0 fully saturated rings. The molecule has 0 aromatic rings. The van der Waals surface area contributed by atoms with Crippen LogP contribution in [0.4, 0.5) is 4.79 Å². The van der Waals surface area contributed by atoms with Crippen molar-refractivity contribution in [3.63, 3.8) is 0 Å². The third-order valence-electron chi connectivity index (χ3n) is 5.79. The lowest BCUT2D eigenvalue weighted by atomic mass is 10.0. The summed E-state index contributed by atoms with van der Waals surface area (Å²) in [5.41, 5.74) is 0. The van der Waals surface area contributed by atoms with Crippen LogP contribution in [0.5, 0.6) is 0 Å². The summed E-state index contributed by atoms with van der Waals surface area (Å²) in [7, 11) is 2.03. The number of nitrogens with one attached hydrogen (secondary N) is 2. The molecule has 0 aliphatic carbocycles. The molecule has 31 heavy (non-hydrogen) atoms. The molecule has 0 heterocycles. The second kappa shape index (κ2) is 23.4. The first kappa shape index (κ1) is 29.7. The molecule has 6 nitrogen and oxygen atoms in total. The lowest BCUT2D eigenvalue weighted by molar-refractivity contribution is -0.121. The van der Waals surface area contributed by atoms with E-state index in [2.05, 4.69) is 22.5 Å². The fourth-order valence-electron chi connectivity index (χ4n) is 3.80. The smallest absolute Gasteiger partial charge is 0.404 e. The molecule has 6 heteroatoms. The number of nitrogens with zero attached hydrogens (tertiary/aromatic N) is 1. The summed E-state index contributed by atoms with van der Waals surface area (Å²) in [6.45, 7) is 5.23. The fourth-order valence-corrected chi connectivity index (χ4v) is 3.80. The van der Waals surface area contributed by atoms with Crippen LogP contribution in [0, 0.1) is 0 Å². The Morgan fingerprint density at radius 1 is 0.645 bits per heavy atom. The molecule has 0 atom stereocenters. The fraction of sp³-hybridized carbons (Fsp3) is 0.920. The Morgan fingerprint density at radius 3 is 1.52 bits per heavy atom. The van der Waals surface area contributed by atoms with E-state index in [0.29, 0.717) is 13.0 Å². The van der Waals surface area contributed by atoms with E-state index < -0.39 is 6.09 Å². The first-order valence-corrected chi connectivity index (χ1v) is 13.0. The van der Waals surface area contributed by atoms with Crippen molar-refractivity contribution in [2.45, 2.75) is 116 Å². The highest BCUT2D eigenvalue weighted by molar-refractivity contribution is 5.75. The maximum atomic E-state index is 11.9. The van der Waals surface area contributed by atoms with Gasteiger partial charge in [0.2, 0.25) is 5.91 Å². The molecule has 0 unspecified atom stereocenters. The minimum absolute atomic E-state index is 0.173. The van der Waals surface area contributed by atoms with Crippen LogP contribution in [0.1, 0.15) is 116 Å². The van der Waals surface area contributed by atoms with Gasteiger partial charge in [-0.2, -0.15) is 0 Å². The molecule has 0 bridgehead atoms. The van der Waals surface area contributed by atoms with Crippen LogP contribution < -0.4 is 10.6 Å². The molecule has 0 aliphatic heterocycles. The van der Waals surface area contributed by atoms with Gasteiger partial charge in [0.25, 0.3) is 0 Å². The summed E-state index contributed by atoms with van der Waals surface area (Å²) in [5, 5.41) is 13.9. The second-order valence-electron chi connectivity index (χ2n) is 8.94. The first-order chi connectivity index (χ1) is 15.1. The molecule has 184 valence electrons. The second-order valence-corrected chi connectivity index (χ2v) is 8.94. The number of carbonyl (C=O) groups is 2. The van der Waals surface area contributed by atoms with Crippen LogP contribution in [0.25, 0.3) is 0 Å². The highest BCUT2D eigenvalue weighted by atomic mass is 16.4. The Kier molecular flexibility index (Phi) is 22.4. The molecule has 0 saturated heterocycles. The molecule has 0 aliphatic rings. The van der Waals surface area contributed by atoms with Crippen molar-refractivity contribution >= 4 is 12.0 Å². The van der Waals surface area contributed by atoms with Crippen molar-refractivity contribution in [1.82, 2.24) is 15.5 Å². The topological polar surface area (TPSA) is 81.7 Å². The van der Waals surface area contributed by atoms with Gasteiger partial charge >= 0.3 is 6.09 Å². The standard InChI is InChI=1S/C25H51N3O3/c1-3-4-5-6-7-8-9-10-11-12-13-14-15-16-19-24(29)26-20-17-22-28(2)23-18-21-27-25(30)31/h27H,3-23H2,1-2H3,(H,26,29)(H,30,31). The molecule has 0 rings (SSSR count). The minimum Gasteiger partial charge on any atom is -0.465 e. The molecule has 2 amide bonds. The van der Waals surface area contributed by atoms with Crippen molar-refractivity contribution < 1.29 is 14.7 Å². The Morgan fingerprint density at radius 2 is 1.06 bits per heavy atom. The van der Waals surface area contributed by atoms with Gasteiger partial charge in [0.15, 0.2) is 0 Å². The summed E-state index contributed by atoms with van der Waals surface area (Å²) in [6, 6.07) is 0. The highest BCUT2D eigenvalue weighted by Crippen LogP contribution is 2.13. The Hall–Kier alpha value is -1.30. The van der Waals surface area contributed by atoms with Gasteiger partial charge in [-0.1, -0.05) is 90.4 Å². The number of unbranched alkanes of at least 4 members (excludes halogenated alkanes) is 13. The Balaban J connectivity index is 3.27. The van der Waals surface area contributed by atoms with Gasteiger partial charge in [-0.3, -0.25) is 4.79 Å². The summed E-state index contributed by atoms with van der Waals surface area (Å²) < 4.78 is 0. The minimum atomic E-state index is -0.968. The van der Waals surface area contributed by atoms with Crippen LogP contribution >= 0.6 is 0 Å². The third kappa shape index (κ3) is 24.8. The van der Waals surface area contributed by atoms with Crippen LogP contribution in [0.3, 0.4) is 0 Å². The van der Waals surface area contributed by atoms with Gasteiger partial charge in [-0.05, 0) is 39.4 Å². The average molecular weight is 442 g/mol. The summed E-state index contributed by atoms with van der Waals surface area (Å²) >= 11 is 0. The number of hydrogen-bond acceptors (Lipinski definition) is 3. The highest BCUT2D eigenvalue weighted by Gasteiger charge is 2.03. The number of carbonyl (C=O) groups excluding carboxylic acids is 1. The van der Waals surface area contributed by atoms with Gasteiger partial charge in [0, 0.05) is 19.5 Å². The molecular formula is C25H51N3O3. The van der Waals surface area contributed by atoms with Crippen LogP contribution in [-0.4, -0.2) is 55.2 Å². The average Bonchev–Trinajstić information content (AvgIpc) is 2.74. The van der Waals surface area contributed by atoms with Crippen molar-refractivity contribution in [2.75, 3.05) is 33.2 Å². The summed E-state index contributed by atoms with van der Waals surface area (Å²) in [6.07, 6.45) is 20.1. The molecular weight excluding hydrogens is 390 g/mol. The number of rotatable bonds is 23. The molecule has 3 N–H and O–H groups in total. The van der Waals surface area contributed by atoms with Gasteiger partial charge < -0.3 is 20.6 Å². The molecule has 0 aromatic carbocycles. The third-order valence-corrected chi connectivity index (χ3v) is 5.79. The largest absolute Gasteiger partial charge is 0.465 e. The van der Waals surface area contributed by atoms with Gasteiger partial charge in [0.05, 0.1) is 0 Å². The van der Waals surface area contributed by atoms with E-state index >= 15 is 0 Å². The van der Waals surface area contributed by atoms with E-state index in [9.17, 15) is 9.59 Å². The predicted octanol–water partition coefficient (Wildman–Crippen LogP) is 5.95. The van der Waals surface area contributed by atoms with E-state index in [1.165, 1.54) is 77.0 Å². The van der Waals surface area contributed by atoms with E-state index in [-0.39, 0.29) is 5.91 Å². The van der Waals surface area contributed by atoms with Gasteiger partial charge in [0.1, 0.15) is 0 Å². The van der Waals surface area contributed by atoms with Crippen molar-refractivity contribution in [1.29, 1.82) is 0 Å². The van der Waals surface area contributed by atoms with E-state index in [4.69, 9.17) is 5.11 Å². The molecule has 0 spiro atoms. The quantitative estimate of drug-likeness (QED) is 0.171. The maximum absolute atomic E-state index is 11.9. The van der Waals surface area contributed by atoms with Crippen molar-refractivity contribution in [2.24, 2.45) is 0 Å². The van der Waals surface area contributed by atoms with Crippen LogP contribution in [-0.2, 0) is 4.79 Å². The zero-order chi connectivity index (χ0) is 23.0. The van der Waals surface area contributed by atoms with E-state index in [1.54, 1.807) is 0 Å². The Labute approximate surface area is 191 Å². The number of carboxylic acid groups (broad SMARTS) is 1. The normalized spacial score (nSPS) is 11.1. The van der Waals surface area contributed by atoms with Gasteiger partial charge in [-0.15, -0.1) is 0 Å². The first-order valence-electron chi connectivity index (χ1n) is 13.0. The van der Waals surface area contributed by atoms with Gasteiger partial charge in [-0.25, -0.2) is 4.79 Å². The lowest BCUT2D eigenvalue weighted by Crippen LogP contribution is -2.30. The zero-order valence-corrected chi connectivity index (χ0v) is 20.6. The maximum Gasteiger partial charge on any atom is 0.404 e. The monoisotopic (exact) mass is 441 g/mol. The molecule has 0 radical (unpaired) electrons. The van der Waals surface area contributed by atoms with Crippen LogP contribution in [0.15, 0.2) is 0 Å². The van der Waals surface area contributed by atoms with Crippen molar-refractivity contribution in [3.8, 4) is 0 Å². The van der Waals surface area contributed by atoms with E-state index in [1.807, 2.05) is 7.05 Å². The molecule has 0 aromatic heterocycles. The van der Waals surface area contributed by atoms with Crippen molar-refractivity contribution in [3.05, 3.63) is 0 Å². The predicted molar refractivity (Wildman–Crippen MR) is 131 cm³/mol. The number of amides is 2. The molecule has 0 saturated carbocycles. The summed E-state index contributed by atoms with van der Waals surface area (Å²) in [4.78, 5) is 24.4. The Bertz CT molecular complexity index is 419. The number of hydrogen-bond donors (Lipinski definition) is 3. The zero-order valence-electron chi connectivity index (χ0n) is 20.6. The lowest BCUT2D eigenvalue weighted by Gasteiger charge is -2.16. The SMILES string of the molecule is CCCCCCCCCCCCCCCCC(=O)NCCCN(C)CCCNC(=O)O. The van der Waals surface area contributed by atoms with E-state index in [0.717, 1.165) is 45.3 Å².